The van der Waals surface area contributed by atoms with E-state index in [4.69, 9.17) is 14.6 Å². The van der Waals surface area contributed by atoms with Crippen molar-refractivity contribution >= 4 is 17.8 Å². The van der Waals surface area contributed by atoms with Crippen LogP contribution in [0.15, 0.2) is 12.7 Å². The van der Waals surface area contributed by atoms with Gasteiger partial charge >= 0.3 is 5.97 Å². The predicted molar refractivity (Wildman–Crippen MR) is 128 cm³/mol. The Bertz CT molecular complexity index is 785. The number of unbranched alkanes of at least 4 members (excludes halogenated alkanes) is 3. The molecule has 3 aliphatic heterocycles. The van der Waals surface area contributed by atoms with E-state index in [0.29, 0.717) is 32.4 Å². The molecule has 3 aliphatic rings. The molecule has 2 amide bonds. The first-order chi connectivity index (χ1) is 16.2. The van der Waals surface area contributed by atoms with Gasteiger partial charge in [-0.15, -0.1) is 6.58 Å². The van der Waals surface area contributed by atoms with Gasteiger partial charge in [-0.25, -0.2) is 0 Å². The maximum Gasteiger partial charge on any atom is 0.312 e. The molecule has 0 aromatic heterocycles. The lowest BCUT2D eigenvalue weighted by Gasteiger charge is -2.38. The zero-order chi connectivity index (χ0) is 25.1. The van der Waals surface area contributed by atoms with Gasteiger partial charge in [0.2, 0.25) is 11.8 Å². The number of fused-ring (bicyclic) bond motifs is 1. The van der Waals surface area contributed by atoms with E-state index in [2.05, 4.69) is 6.58 Å². The van der Waals surface area contributed by atoms with Crippen LogP contribution < -0.4 is 0 Å². The summed E-state index contributed by atoms with van der Waals surface area (Å²) < 4.78 is 12.1. The highest BCUT2D eigenvalue weighted by molar-refractivity contribution is 5.98. The summed E-state index contributed by atoms with van der Waals surface area (Å²) in [6, 6.07) is -0.833. The van der Waals surface area contributed by atoms with Crippen LogP contribution in [0, 0.1) is 11.8 Å². The molecule has 1 spiro atoms. The fraction of sp³-hybridized carbons (Fsp3) is 0.808. The Morgan fingerprint density at radius 2 is 1.97 bits per heavy atom. The molecule has 3 heterocycles. The van der Waals surface area contributed by atoms with Crippen molar-refractivity contribution < 1.29 is 29.0 Å². The standard InChI is InChI=1S/C26H42N2O6/c1-6-15-27(18(4)5)23(31)21-26-14-13-25(7-2,34-26)20(24(32)33-8-3)19(26)22(30)28(21)16-11-9-10-12-17-29/h6,18-21,29H,1,7-17H2,2-5H3/t19-,20-,21?,25+,26?/m0/s1. The minimum atomic E-state index is -1.01. The van der Waals surface area contributed by atoms with Crippen LogP contribution in [0.25, 0.3) is 0 Å². The normalized spacial score (nSPS) is 31.8. The van der Waals surface area contributed by atoms with Crippen LogP contribution in [0.5, 0.6) is 0 Å². The van der Waals surface area contributed by atoms with Crippen molar-refractivity contribution in [3.05, 3.63) is 12.7 Å². The minimum absolute atomic E-state index is 0.0675. The molecule has 8 nitrogen and oxygen atoms in total. The fourth-order valence-corrected chi connectivity index (χ4v) is 6.43. The Hall–Kier alpha value is -1.93. The molecule has 0 saturated carbocycles. The van der Waals surface area contributed by atoms with E-state index in [1.54, 1.807) is 22.8 Å². The summed E-state index contributed by atoms with van der Waals surface area (Å²) in [6.07, 6.45) is 6.65. The number of carbonyl (C=O) groups excluding carboxylic acids is 3. The Balaban J connectivity index is 2.01. The quantitative estimate of drug-likeness (QED) is 0.248. The van der Waals surface area contributed by atoms with Gasteiger partial charge in [0.25, 0.3) is 0 Å². The van der Waals surface area contributed by atoms with Gasteiger partial charge in [-0.05, 0) is 52.9 Å². The predicted octanol–water partition coefficient (Wildman–Crippen LogP) is 2.68. The highest BCUT2D eigenvalue weighted by Gasteiger charge is 2.79. The van der Waals surface area contributed by atoms with Gasteiger partial charge in [-0.1, -0.05) is 25.8 Å². The number of hydrogen-bond acceptors (Lipinski definition) is 6. The summed E-state index contributed by atoms with van der Waals surface area (Å²) in [5, 5.41) is 9.07. The van der Waals surface area contributed by atoms with E-state index >= 15 is 0 Å². The summed E-state index contributed by atoms with van der Waals surface area (Å²) >= 11 is 0. The van der Waals surface area contributed by atoms with E-state index in [1.807, 2.05) is 20.8 Å². The van der Waals surface area contributed by atoms with Gasteiger partial charge in [0.05, 0.1) is 18.1 Å². The van der Waals surface area contributed by atoms with E-state index in [-0.39, 0.29) is 31.1 Å². The Morgan fingerprint density at radius 1 is 1.26 bits per heavy atom. The van der Waals surface area contributed by atoms with Gasteiger partial charge in [-0.2, -0.15) is 0 Å². The average molecular weight is 479 g/mol. The number of amides is 2. The van der Waals surface area contributed by atoms with Crippen molar-refractivity contribution in [3.63, 3.8) is 0 Å². The van der Waals surface area contributed by atoms with Crippen molar-refractivity contribution in [3.8, 4) is 0 Å². The summed E-state index contributed by atoms with van der Waals surface area (Å²) in [4.78, 5) is 44.5. The molecule has 0 radical (unpaired) electrons. The summed E-state index contributed by atoms with van der Waals surface area (Å²) in [5.74, 6) is -2.11. The molecule has 0 aromatic carbocycles. The zero-order valence-electron chi connectivity index (χ0n) is 21.3. The van der Waals surface area contributed by atoms with Crippen LogP contribution in [-0.2, 0) is 23.9 Å². The van der Waals surface area contributed by atoms with E-state index < -0.39 is 35.0 Å². The van der Waals surface area contributed by atoms with Crippen LogP contribution in [0.1, 0.15) is 72.6 Å². The molecular formula is C26H42N2O6. The van der Waals surface area contributed by atoms with Crippen LogP contribution in [0.3, 0.4) is 0 Å². The highest BCUT2D eigenvalue weighted by Crippen LogP contribution is 2.64. The Labute approximate surface area is 203 Å². The maximum atomic E-state index is 14.0. The maximum absolute atomic E-state index is 14.0. The molecule has 0 aromatic rings. The van der Waals surface area contributed by atoms with Gasteiger partial charge in [0.1, 0.15) is 17.6 Å². The molecule has 5 atom stereocenters. The largest absolute Gasteiger partial charge is 0.466 e. The molecule has 3 fully saturated rings. The van der Waals surface area contributed by atoms with Gasteiger partial charge in [-0.3, -0.25) is 14.4 Å². The Morgan fingerprint density at radius 3 is 2.56 bits per heavy atom. The second-order valence-corrected chi connectivity index (χ2v) is 10.1. The third kappa shape index (κ3) is 4.28. The topological polar surface area (TPSA) is 96.4 Å². The summed E-state index contributed by atoms with van der Waals surface area (Å²) in [7, 11) is 0. The first kappa shape index (κ1) is 26.7. The van der Waals surface area contributed by atoms with Crippen molar-refractivity contribution in [1.29, 1.82) is 0 Å². The first-order valence-electron chi connectivity index (χ1n) is 12.9. The molecule has 3 saturated heterocycles. The fourth-order valence-electron chi connectivity index (χ4n) is 6.43. The SMILES string of the molecule is C=CCN(C(=O)C1N(CCCCCCO)C(=O)[C@@H]2[C@@H](C(=O)OCC)[C@@]3(CC)CCC12O3)C(C)C. The molecule has 2 unspecified atom stereocenters. The second kappa shape index (κ2) is 10.8. The molecule has 8 heteroatoms. The number of aliphatic hydroxyl groups is 1. The van der Waals surface area contributed by atoms with Crippen molar-refractivity contribution in [2.45, 2.75) is 95.9 Å². The van der Waals surface area contributed by atoms with Gasteiger partial charge < -0.3 is 24.4 Å². The van der Waals surface area contributed by atoms with Crippen molar-refractivity contribution in [1.82, 2.24) is 9.80 Å². The lowest BCUT2D eigenvalue weighted by molar-refractivity contribution is -0.161. The number of carbonyl (C=O) groups is 3. The van der Waals surface area contributed by atoms with Crippen molar-refractivity contribution in [2.24, 2.45) is 11.8 Å². The minimum Gasteiger partial charge on any atom is -0.466 e. The van der Waals surface area contributed by atoms with Crippen LogP contribution >= 0.6 is 0 Å². The lowest BCUT2D eigenvalue weighted by Crippen LogP contribution is -2.57. The number of rotatable bonds is 13. The van der Waals surface area contributed by atoms with Crippen molar-refractivity contribution in [2.75, 3.05) is 26.3 Å². The van der Waals surface area contributed by atoms with Gasteiger partial charge in [0, 0.05) is 25.7 Å². The summed E-state index contributed by atoms with van der Waals surface area (Å²) in [5.41, 5.74) is -1.78. The van der Waals surface area contributed by atoms with E-state index in [9.17, 15) is 14.4 Å². The van der Waals surface area contributed by atoms with E-state index in [1.165, 1.54) is 0 Å². The third-order valence-corrected chi connectivity index (χ3v) is 7.99. The second-order valence-electron chi connectivity index (χ2n) is 10.1. The van der Waals surface area contributed by atoms with E-state index in [0.717, 1.165) is 25.7 Å². The highest BCUT2D eigenvalue weighted by atomic mass is 16.6. The van der Waals surface area contributed by atoms with Crippen LogP contribution in [0.2, 0.25) is 0 Å². The number of hydrogen-bond donors (Lipinski definition) is 1. The zero-order valence-corrected chi connectivity index (χ0v) is 21.3. The monoisotopic (exact) mass is 478 g/mol. The number of esters is 1. The average Bonchev–Trinajstić information content (AvgIpc) is 3.40. The molecule has 34 heavy (non-hydrogen) atoms. The molecule has 192 valence electrons. The number of aliphatic hydroxyl groups excluding tert-OH is 1. The number of ether oxygens (including phenoxy) is 2. The van der Waals surface area contributed by atoms with Crippen LogP contribution in [-0.4, -0.2) is 82.3 Å². The molecule has 1 N–H and O–H groups in total. The third-order valence-electron chi connectivity index (χ3n) is 7.99. The molecule has 2 bridgehead atoms. The molecule has 0 aliphatic carbocycles. The number of likely N-dealkylation sites (tertiary alicyclic amines) is 1. The molecule has 3 rings (SSSR count). The first-order valence-corrected chi connectivity index (χ1v) is 12.9. The Kier molecular flexibility index (Phi) is 8.45. The number of nitrogens with zero attached hydrogens (tertiary/aromatic N) is 2. The van der Waals surface area contributed by atoms with Gasteiger partial charge in [0.15, 0.2) is 0 Å². The lowest BCUT2D eigenvalue weighted by atomic mass is 9.65. The smallest absolute Gasteiger partial charge is 0.312 e. The van der Waals surface area contributed by atoms with Crippen LogP contribution in [0.4, 0.5) is 0 Å². The summed E-state index contributed by atoms with van der Waals surface area (Å²) in [6.45, 7) is 12.6. The molecular weight excluding hydrogens is 436 g/mol.